The van der Waals surface area contributed by atoms with Gasteiger partial charge in [-0.25, -0.2) is 8.78 Å². The number of benzene rings is 2. The molecule has 2 aromatic carbocycles. The minimum absolute atomic E-state index is 0.0363. The SMILES string of the molecule is NC(CC(=O)N1CCn2c(nnc2C(F)(F)F)C1)C1CC(CCc2ccccc2)c2cc(F)c(F)cc21. The summed E-state index contributed by atoms with van der Waals surface area (Å²) < 4.78 is 68.6. The lowest BCUT2D eigenvalue weighted by molar-refractivity contribution is -0.148. The van der Waals surface area contributed by atoms with Crippen molar-refractivity contribution in [2.24, 2.45) is 5.73 Å². The second-order valence-electron chi connectivity index (χ2n) is 9.73. The van der Waals surface area contributed by atoms with E-state index in [1.165, 1.54) is 17.0 Å². The Morgan fingerprint density at radius 1 is 1.05 bits per heavy atom. The third-order valence-corrected chi connectivity index (χ3v) is 7.41. The van der Waals surface area contributed by atoms with Gasteiger partial charge >= 0.3 is 6.18 Å². The van der Waals surface area contributed by atoms with E-state index in [0.29, 0.717) is 17.5 Å². The second kappa shape index (κ2) is 9.85. The maximum atomic E-state index is 14.2. The van der Waals surface area contributed by atoms with E-state index in [4.69, 9.17) is 5.73 Å². The van der Waals surface area contributed by atoms with Crippen molar-refractivity contribution in [3.63, 3.8) is 0 Å². The Morgan fingerprint density at radius 3 is 2.46 bits per heavy atom. The molecule has 5 rings (SSSR count). The number of fused-ring (bicyclic) bond motifs is 2. The molecule has 3 aromatic rings. The molecule has 0 saturated heterocycles. The highest BCUT2D eigenvalue weighted by Gasteiger charge is 2.41. The van der Waals surface area contributed by atoms with Crippen molar-refractivity contribution in [1.82, 2.24) is 19.7 Å². The van der Waals surface area contributed by atoms with Gasteiger partial charge < -0.3 is 15.2 Å². The lowest BCUT2D eigenvalue weighted by Gasteiger charge is -2.30. The Bertz CT molecular complexity index is 1290. The fraction of sp³-hybridized carbons (Fsp3) is 0.423. The zero-order chi connectivity index (χ0) is 26.3. The van der Waals surface area contributed by atoms with Gasteiger partial charge in [0, 0.05) is 31.5 Å². The first-order chi connectivity index (χ1) is 17.6. The topological polar surface area (TPSA) is 77.0 Å². The van der Waals surface area contributed by atoms with E-state index in [1.807, 2.05) is 30.3 Å². The second-order valence-corrected chi connectivity index (χ2v) is 9.73. The van der Waals surface area contributed by atoms with E-state index in [9.17, 15) is 26.7 Å². The van der Waals surface area contributed by atoms with Crippen LogP contribution in [0.25, 0.3) is 0 Å². The average Bonchev–Trinajstić information content (AvgIpc) is 3.45. The Balaban J connectivity index is 1.28. The average molecular weight is 520 g/mol. The molecule has 0 radical (unpaired) electrons. The van der Waals surface area contributed by atoms with Crippen molar-refractivity contribution >= 4 is 5.91 Å². The molecule has 2 heterocycles. The molecule has 1 aromatic heterocycles. The Kier molecular flexibility index (Phi) is 6.74. The molecule has 0 spiro atoms. The van der Waals surface area contributed by atoms with Crippen LogP contribution in [0.3, 0.4) is 0 Å². The van der Waals surface area contributed by atoms with E-state index < -0.39 is 29.7 Å². The van der Waals surface area contributed by atoms with Crippen LogP contribution >= 0.6 is 0 Å². The minimum atomic E-state index is -4.62. The number of carbonyl (C=O) groups excluding carboxylic acids is 1. The van der Waals surface area contributed by atoms with Gasteiger partial charge in [0.2, 0.25) is 11.7 Å². The van der Waals surface area contributed by atoms with Crippen LogP contribution in [0.2, 0.25) is 0 Å². The first-order valence-electron chi connectivity index (χ1n) is 12.2. The van der Waals surface area contributed by atoms with Crippen LogP contribution in [0.5, 0.6) is 0 Å². The molecule has 0 saturated carbocycles. The molecule has 2 aliphatic rings. The summed E-state index contributed by atoms with van der Waals surface area (Å²) in [6.07, 6.45) is -2.65. The molecule has 3 unspecified atom stereocenters. The monoisotopic (exact) mass is 519 g/mol. The van der Waals surface area contributed by atoms with Crippen molar-refractivity contribution in [3.8, 4) is 0 Å². The van der Waals surface area contributed by atoms with E-state index in [1.54, 1.807) is 0 Å². The van der Waals surface area contributed by atoms with Gasteiger partial charge in [-0.3, -0.25) is 4.79 Å². The summed E-state index contributed by atoms with van der Waals surface area (Å²) in [7, 11) is 0. The molecule has 1 aliphatic heterocycles. The van der Waals surface area contributed by atoms with Crippen LogP contribution in [0, 0.1) is 11.6 Å². The first kappa shape index (κ1) is 25.3. The van der Waals surface area contributed by atoms with E-state index in [-0.39, 0.29) is 49.6 Å². The van der Waals surface area contributed by atoms with Gasteiger partial charge in [0.25, 0.3) is 0 Å². The molecule has 2 N–H and O–H groups in total. The smallest absolute Gasteiger partial charge is 0.333 e. The number of alkyl halides is 3. The number of aryl methyl sites for hydroxylation is 1. The number of nitrogens with zero attached hydrogens (tertiary/aromatic N) is 4. The van der Waals surface area contributed by atoms with E-state index in [0.717, 1.165) is 23.0 Å². The quantitative estimate of drug-likeness (QED) is 0.486. The van der Waals surface area contributed by atoms with Gasteiger partial charge in [0.05, 0.1) is 6.54 Å². The normalized spacial score (nSPS) is 20.0. The predicted octanol–water partition coefficient (Wildman–Crippen LogP) is 4.54. The highest BCUT2D eigenvalue weighted by atomic mass is 19.4. The number of hydrogen-bond acceptors (Lipinski definition) is 4. The Morgan fingerprint density at radius 2 is 1.76 bits per heavy atom. The van der Waals surface area contributed by atoms with Crippen LogP contribution in [0.15, 0.2) is 42.5 Å². The van der Waals surface area contributed by atoms with Crippen molar-refractivity contribution in [2.75, 3.05) is 6.54 Å². The molecule has 6 nitrogen and oxygen atoms in total. The largest absolute Gasteiger partial charge is 0.451 e. The summed E-state index contributed by atoms with van der Waals surface area (Å²) in [5.41, 5.74) is 8.94. The molecule has 11 heteroatoms. The molecule has 37 heavy (non-hydrogen) atoms. The van der Waals surface area contributed by atoms with Gasteiger partial charge in [-0.05, 0) is 54.0 Å². The summed E-state index contributed by atoms with van der Waals surface area (Å²) in [5, 5.41) is 6.84. The number of aromatic nitrogens is 3. The van der Waals surface area contributed by atoms with Crippen LogP contribution < -0.4 is 5.73 Å². The highest BCUT2D eigenvalue weighted by Crippen LogP contribution is 2.46. The Hall–Kier alpha value is -3.34. The summed E-state index contributed by atoms with van der Waals surface area (Å²) in [5.74, 6) is -3.60. The van der Waals surface area contributed by atoms with Gasteiger partial charge in [-0.1, -0.05) is 30.3 Å². The lowest BCUT2D eigenvalue weighted by Crippen LogP contribution is -2.42. The summed E-state index contributed by atoms with van der Waals surface area (Å²) in [6, 6.07) is 11.6. The van der Waals surface area contributed by atoms with Gasteiger partial charge in [0.15, 0.2) is 17.5 Å². The zero-order valence-electron chi connectivity index (χ0n) is 19.9. The number of amides is 1. The highest BCUT2D eigenvalue weighted by molar-refractivity contribution is 5.77. The Labute approximate surface area is 210 Å². The zero-order valence-corrected chi connectivity index (χ0v) is 19.9. The van der Waals surface area contributed by atoms with Gasteiger partial charge in [0.1, 0.15) is 0 Å². The van der Waals surface area contributed by atoms with E-state index in [2.05, 4.69) is 10.2 Å². The number of hydrogen-bond donors (Lipinski definition) is 1. The maximum Gasteiger partial charge on any atom is 0.451 e. The minimum Gasteiger partial charge on any atom is -0.333 e. The molecule has 1 aliphatic carbocycles. The van der Waals surface area contributed by atoms with Gasteiger partial charge in [-0.15, -0.1) is 10.2 Å². The van der Waals surface area contributed by atoms with Crippen LogP contribution in [0.1, 0.15) is 59.4 Å². The van der Waals surface area contributed by atoms with Crippen molar-refractivity contribution in [3.05, 3.63) is 82.4 Å². The molecular formula is C26H26F5N5O. The third kappa shape index (κ3) is 5.09. The number of carbonyl (C=O) groups is 1. The fourth-order valence-electron chi connectivity index (χ4n) is 5.53. The number of nitrogens with two attached hydrogens (primary N) is 1. The fourth-order valence-corrected chi connectivity index (χ4v) is 5.53. The lowest BCUT2D eigenvalue weighted by atomic mass is 9.89. The maximum absolute atomic E-state index is 14.2. The van der Waals surface area contributed by atoms with Crippen molar-refractivity contribution in [2.45, 2.75) is 62.8 Å². The summed E-state index contributed by atoms with van der Waals surface area (Å²) in [4.78, 5) is 14.5. The number of rotatable bonds is 6. The van der Waals surface area contributed by atoms with Gasteiger partial charge in [-0.2, -0.15) is 13.2 Å². The molecular weight excluding hydrogens is 493 g/mol. The predicted molar refractivity (Wildman–Crippen MR) is 124 cm³/mol. The standard InChI is InChI=1S/C26H26F5N5O/c27-20-11-17-16(7-6-15-4-2-1-3-5-15)10-19(18(17)12-21(20)28)22(32)13-24(37)35-8-9-36-23(14-35)33-34-25(36)26(29,30)31/h1-5,11-12,16,19,22H,6-10,13-14,32H2. The van der Waals surface area contributed by atoms with Crippen LogP contribution in [-0.2, 0) is 30.5 Å². The molecule has 0 fully saturated rings. The van der Waals surface area contributed by atoms with Crippen LogP contribution in [0.4, 0.5) is 22.0 Å². The third-order valence-electron chi connectivity index (χ3n) is 7.41. The molecule has 0 bridgehead atoms. The van der Waals surface area contributed by atoms with Crippen molar-refractivity contribution in [1.29, 1.82) is 0 Å². The summed E-state index contributed by atoms with van der Waals surface area (Å²) >= 11 is 0. The molecule has 3 atom stereocenters. The number of halogens is 5. The molecule has 196 valence electrons. The van der Waals surface area contributed by atoms with E-state index >= 15 is 0 Å². The summed E-state index contributed by atoms with van der Waals surface area (Å²) in [6.45, 7) is -0.105. The van der Waals surface area contributed by atoms with Crippen molar-refractivity contribution < 1.29 is 26.7 Å². The first-order valence-corrected chi connectivity index (χ1v) is 12.2. The molecule has 1 amide bonds. The van der Waals surface area contributed by atoms with Crippen LogP contribution in [-0.4, -0.2) is 38.2 Å².